The molecule has 1 aromatic carbocycles. The number of aromatic nitrogens is 1. The molecule has 27 heavy (non-hydrogen) atoms. The highest BCUT2D eigenvalue weighted by Gasteiger charge is 2.16. The van der Waals surface area contributed by atoms with E-state index in [1.165, 1.54) is 16.9 Å². The van der Waals surface area contributed by atoms with Gasteiger partial charge in [-0.3, -0.25) is 4.79 Å². The lowest BCUT2D eigenvalue weighted by atomic mass is 9.87. The number of benzene rings is 1. The van der Waals surface area contributed by atoms with Gasteiger partial charge in [0.05, 0.1) is 18.5 Å². The zero-order chi connectivity index (χ0) is 19.4. The number of nitrogens with one attached hydrogen (secondary N) is 1. The maximum atomic E-state index is 12.4. The molecule has 1 N–H and O–H groups in total. The highest BCUT2D eigenvalue weighted by atomic mass is 32.1. The van der Waals surface area contributed by atoms with E-state index in [0.717, 1.165) is 10.8 Å². The smallest absolute Gasteiger partial charge is 0.263 e. The predicted octanol–water partition coefficient (Wildman–Crippen LogP) is 4.85. The van der Waals surface area contributed by atoms with Crippen molar-refractivity contribution in [2.45, 2.75) is 46.3 Å². The minimum Gasteiger partial charge on any atom is -0.486 e. The first-order valence-corrected chi connectivity index (χ1v) is 9.65. The lowest BCUT2D eigenvalue weighted by molar-refractivity contribution is 0.0951. The van der Waals surface area contributed by atoms with Crippen LogP contribution in [0.4, 0.5) is 0 Å². The highest BCUT2D eigenvalue weighted by Crippen LogP contribution is 2.25. The van der Waals surface area contributed by atoms with Gasteiger partial charge >= 0.3 is 0 Å². The normalized spacial score (nSPS) is 11.4. The predicted molar refractivity (Wildman–Crippen MR) is 106 cm³/mol. The fraction of sp³-hybridized carbons (Fsp3) is 0.333. The average molecular weight is 385 g/mol. The summed E-state index contributed by atoms with van der Waals surface area (Å²) in [4.78, 5) is 17.4. The third-order valence-electron chi connectivity index (χ3n) is 4.13. The Morgan fingerprint density at radius 1 is 1.22 bits per heavy atom. The number of rotatable bonds is 6. The van der Waals surface area contributed by atoms with E-state index in [0.29, 0.717) is 29.5 Å². The van der Waals surface area contributed by atoms with Crippen LogP contribution in [0.15, 0.2) is 47.1 Å². The number of carbonyl (C=O) groups is 1. The molecule has 0 saturated heterocycles. The van der Waals surface area contributed by atoms with Crippen LogP contribution >= 0.6 is 11.3 Å². The van der Waals surface area contributed by atoms with Gasteiger partial charge in [-0.15, -0.1) is 11.3 Å². The fourth-order valence-electron chi connectivity index (χ4n) is 2.58. The van der Waals surface area contributed by atoms with Crippen LogP contribution in [-0.4, -0.2) is 10.9 Å². The van der Waals surface area contributed by atoms with Crippen molar-refractivity contribution in [3.8, 4) is 5.75 Å². The van der Waals surface area contributed by atoms with Crippen molar-refractivity contribution in [1.29, 1.82) is 0 Å². The molecular formula is C21H24N2O3S. The molecule has 142 valence electrons. The minimum atomic E-state index is -0.151. The van der Waals surface area contributed by atoms with Gasteiger partial charge < -0.3 is 14.5 Å². The molecule has 5 nitrogen and oxygen atoms in total. The Morgan fingerprint density at radius 3 is 2.59 bits per heavy atom. The van der Waals surface area contributed by atoms with Crippen LogP contribution < -0.4 is 10.1 Å². The first-order valence-electron chi connectivity index (χ1n) is 8.83. The molecule has 0 aliphatic carbocycles. The molecule has 1 amide bonds. The van der Waals surface area contributed by atoms with E-state index in [1.807, 2.05) is 25.1 Å². The Kier molecular flexibility index (Phi) is 5.65. The molecule has 3 rings (SSSR count). The standard InChI is InChI=1S/C21H24N2O3S/c1-14-19(20(24)22-12-17-6-5-11-25-17)27-18(23-14)13-26-16-9-7-15(8-10-16)21(2,3)4/h5-11H,12-13H2,1-4H3,(H,22,24). The van der Waals surface area contributed by atoms with Gasteiger partial charge in [-0.25, -0.2) is 4.98 Å². The van der Waals surface area contributed by atoms with Crippen LogP contribution in [0, 0.1) is 6.92 Å². The molecule has 0 unspecified atom stereocenters. The van der Waals surface area contributed by atoms with Crippen LogP contribution in [0.25, 0.3) is 0 Å². The number of thiazole rings is 1. The Labute approximate surface area is 163 Å². The molecule has 0 saturated carbocycles. The summed E-state index contributed by atoms with van der Waals surface area (Å²) in [6, 6.07) is 11.7. The summed E-state index contributed by atoms with van der Waals surface area (Å²) < 4.78 is 11.1. The molecule has 2 heterocycles. The SMILES string of the molecule is Cc1nc(COc2ccc(C(C)(C)C)cc2)sc1C(=O)NCc1ccco1. The van der Waals surface area contributed by atoms with E-state index < -0.39 is 0 Å². The van der Waals surface area contributed by atoms with Crippen LogP contribution in [0.2, 0.25) is 0 Å². The summed E-state index contributed by atoms with van der Waals surface area (Å²) in [7, 11) is 0. The summed E-state index contributed by atoms with van der Waals surface area (Å²) in [5.41, 5.74) is 2.08. The van der Waals surface area contributed by atoms with Gasteiger partial charge in [0.1, 0.15) is 28.0 Å². The number of hydrogen-bond acceptors (Lipinski definition) is 5. The molecule has 6 heteroatoms. The number of furan rings is 1. The van der Waals surface area contributed by atoms with Gasteiger partial charge in [-0.2, -0.15) is 0 Å². The maximum Gasteiger partial charge on any atom is 0.263 e. The number of amides is 1. The second kappa shape index (κ2) is 7.96. The fourth-order valence-corrected chi connectivity index (χ4v) is 3.48. The molecule has 3 aromatic rings. The maximum absolute atomic E-state index is 12.4. The molecule has 0 radical (unpaired) electrons. The number of nitrogens with zero attached hydrogens (tertiary/aromatic N) is 1. The zero-order valence-electron chi connectivity index (χ0n) is 16.0. The van der Waals surface area contributed by atoms with Crippen LogP contribution in [-0.2, 0) is 18.6 Å². The molecule has 0 atom stereocenters. The topological polar surface area (TPSA) is 64.4 Å². The van der Waals surface area contributed by atoms with Crippen molar-refractivity contribution in [3.05, 3.63) is 69.6 Å². The molecule has 0 aliphatic heterocycles. The largest absolute Gasteiger partial charge is 0.486 e. The first kappa shape index (κ1) is 19.2. The Balaban J connectivity index is 1.58. The van der Waals surface area contributed by atoms with Crippen LogP contribution in [0.1, 0.15) is 52.5 Å². The minimum absolute atomic E-state index is 0.114. The molecular weight excluding hydrogens is 360 g/mol. The highest BCUT2D eigenvalue weighted by molar-refractivity contribution is 7.13. The van der Waals surface area contributed by atoms with Gasteiger partial charge in [0.25, 0.3) is 5.91 Å². The van der Waals surface area contributed by atoms with Gasteiger partial charge in [0, 0.05) is 0 Å². The van der Waals surface area contributed by atoms with Gasteiger partial charge in [-0.1, -0.05) is 32.9 Å². The Hall–Kier alpha value is -2.60. The first-order chi connectivity index (χ1) is 12.8. The van der Waals surface area contributed by atoms with Crippen molar-refractivity contribution >= 4 is 17.2 Å². The monoisotopic (exact) mass is 384 g/mol. The van der Waals surface area contributed by atoms with Crippen LogP contribution in [0.3, 0.4) is 0 Å². The molecule has 0 aliphatic rings. The van der Waals surface area contributed by atoms with E-state index >= 15 is 0 Å². The number of aryl methyl sites for hydroxylation is 1. The van der Waals surface area contributed by atoms with Crippen molar-refractivity contribution in [2.24, 2.45) is 0 Å². The Morgan fingerprint density at radius 2 is 1.96 bits per heavy atom. The van der Waals surface area contributed by atoms with Crippen molar-refractivity contribution in [2.75, 3.05) is 0 Å². The van der Waals surface area contributed by atoms with Gasteiger partial charge in [0.2, 0.25) is 0 Å². The summed E-state index contributed by atoms with van der Waals surface area (Å²) >= 11 is 1.35. The quantitative estimate of drug-likeness (QED) is 0.660. The van der Waals surface area contributed by atoms with E-state index in [2.05, 4.69) is 43.2 Å². The van der Waals surface area contributed by atoms with E-state index in [4.69, 9.17) is 9.15 Å². The Bertz CT molecular complexity index is 891. The van der Waals surface area contributed by atoms with Crippen molar-refractivity contribution in [3.63, 3.8) is 0 Å². The third-order valence-corrected chi connectivity index (χ3v) is 5.26. The summed E-state index contributed by atoms with van der Waals surface area (Å²) in [5, 5.41) is 3.62. The van der Waals surface area contributed by atoms with E-state index in [1.54, 1.807) is 12.3 Å². The second-order valence-corrected chi connectivity index (χ2v) is 8.43. The summed E-state index contributed by atoms with van der Waals surface area (Å²) in [5.74, 6) is 1.36. The van der Waals surface area contributed by atoms with Crippen molar-refractivity contribution < 1.29 is 13.9 Å². The van der Waals surface area contributed by atoms with Crippen LogP contribution in [0.5, 0.6) is 5.75 Å². The second-order valence-electron chi connectivity index (χ2n) is 7.35. The van der Waals surface area contributed by atoms with E-state index in [-0.39, 0.29) is 11.3 Å². The summed E-state index contributed by atoms with van der Waals surface area (Å²) in [6.45, 7) is 9.07. The molecule has 0 spiro atoms. The average Bonchev–Trinajstić information content (AvgIpc) is 3.27. The molecule has 0 bridgehead atoms. The number of ether oxygens (including phenoxy) is 1. The van der Waals surface area contributed by atoms with Crippen molar-refractivity contribution in [1.82, 2.24) is 10.3 Å². The van der Waals surface area contributed by atoms with Gasteiger partial charge in [-0.05, 0) is 42.2 Å². The van der Waals surface area contributed by atoms with Gasteiger partial charge in [0.15, 0.2) is 0 Å². The third kappa shape index (κ3) is 4.98. The summed E-state index contributed by atoms with van der Waals surface area (Å²) in [6.07, 6.45) is 1.59. The lowest BCUT2D eigenvalue weighted by Gasteiger charge is -2.19. The van der Waals surface area contributed by atoms with E-state index in [9.17, 15) is 4.79 Å². The molecule has 0 fully saturated rings. The number of carbonyl (C=O) groups excluding carboxylic acids is 1. The zero-order valence-corrected chi connectivity index (χ0v) is 16.9. The molecule has 2 aromatic heterocycles. The lowest BCUT2D eigenvalue weighted by Crippen LogP contribution is -2.22. The number of hydrogen-bond donors (Lipinski definition) is 1.